The van der Waals surface area contributed by atoms with E-state index in [1.807, 2.05) is 5.38 Å². The summed E-state index contributed by atoms with van der Waals surface area (Å²) in [5, 5.41) is 5.48. The van der Waals surface area contributed by atoms with Gasteiger partial charge >= 0.3 is 6.03 Å². The number of rotatable bonds is 5. The van der Waals surface area contributed by atoms with Gasteiger partial charge in [-0.25, -0.2) is 9.78 Å². The third-order valence-corrected chi connectivity index (χ3v) is 5.93. The van der Waals surface area contributed by atoms with Gasteiger partial charge in [0.1, 0.15) is 10.8 Å². The molecule has 7 heteroatoms. The summed E-state index contributed by atoms with van der Waals surface area (Å²) in [5.74, 6) is 0.546. The van der Waals surface area contributed by atoms with Crippen molar-refractivity contribution >= 4 is 23.3 Å². The van der Waals surface area contributed by atoms with Gasteiger partial charge in [-0.05, 0) is 30.5 Å². The number of amides is 3. The molecule has 144 valence electrons. The smallest absolute Gasteiger partial charge is 0.325 e. The molecule has 1 aliphatic heterocycles. The Kier molecular flexibility index (Phi) is 4.55. The average Bonchev–Trinajstić information content (AvgIpc) is 3.41. The summed E-state index contributed by atoms with van der Waals surface area (Å²) in [5.41, 5.74) is 1.79. The summed E-state index contributed by atoms with van der Waals surface area (Å²) in [6.07, 6.45) is 1.49. The minimum atomic E-state index is -1.19. The topological polar surface area (TPSA) is 75.4 Å². The van der Waals surface area contributed by atoms with Crippen LogP contribution in [0.3, 0.4) is 0 Å². The van der Waals surface area contributed by atoms with Crippen molar-refractivity contribution < 1.29 is 14.0 Å². The lowest BCUT2D eigenvalue weighted by Gasteiger charge is -2.18. The molecule has 1 N–H and O–H groups in total. The van der Waals surface area contributed by atoms with E-state index in [-0.39, 0.29) is 12.5 Å². The molecule has 1 aliphatic rings. The Morgan fingerprint density at radius 3 is 2.61 bits per heavy atom. The van der Waals surface area contributed by atoms with Crippen molar-refractivity contribution in [2.75, 3.05) is 0 Å². The molecule has 1 saturated heterocycles. The fourth-order valence-electron chi connectivity index (χ4n) is 3.26. The number of aromatic nitrogens is 1. The monoisotopic (exact) mass is 395 g/mol. The molecule has 1 aromatic carbocycles. The van der Waals surface area contributed by atoms with E-state index < -0.39 is 11.6 Å². The first-order chi connectivity index (χ1) is 13.4. The number of carbonyl (C=O) groups is 2. The minimum Gasteiger partial charge on any atom is -0.466 e. The molecule has 6 nitrogen and oxygen atoms in total. The van der Waals surface area contributed by atoms with Crippen LogP contribution in [0.5, 0.6) is 0 Å². The number of furan rings is 1. The summed E-state index contributed by atoms with van der Waals surface area (Å²) in [6, 6.07) is 11.3. The quantitative estimate of drug-likeness (QED) is 0.646. The SMILES string of the molecule is CC(C)c1ccc(-c2nc(CN3C(=O)NC(C)(c4ccco4)C3=O)cs2)cc1. The Balaban J connectivity index is 1.52. The second-order valence-electron chi connectivity index (χ2n) is 7.34. The molecule has 4 rings (SSSR count). The molecule has 3 heterocycles. The maximum absolute atomic E-state index is 12.9. The first kappa shape index (κ1) is 18.4. The zero-order valence-electron chi connectivity index (χ0n) is 15.9. The molecule has 2 aromatic heterocycles. The van der Waals surface area contributed by atoms with E-state index in [1.165, 1.54) is 28.1 Å². The highest BCUT2D eigenvalue weighted by molar-refractivity contribution is 7.13. The highest BCUT2D eigenvalue weighted by Crippen LogP contribution is 2.31. The number of nitrogens with zero attached hydrogens (tertiary/aromatic N) is 2. The predicted octanol–water partition coefficient (Wildman–Crippen LogP) is 4.49. The maximum atomic E-state index is 12.9. The normalized spacial score (nSPS) is 19.5. The zero-order valence-corrected chi connectivity index (χ0v) is 16.7. The number of nitrogens with one attached hydrogen (secondary N) is 1. The molecule has 0 radical (unpaired) electrons. The molecule has 3 aromatic rings. The van der Waals surface area contributed by atoms with Gasteiger partial charge < -0.3 is 9.73 Å². The van der Waals surface area contributed by atoms with E-state index in [0.29, 0.717) is 17.4 Å². The Morgan fingerprint density at radius 1 is 1.21 bits per heavy atom. The fourth-order valence-corrected chi connectivity index (χ4v) is 4.07. The first-order valence-electron chi connectivity index (χ1n) is 9.11. The Morgan fingerprint density at radius 2 is 1.96 bits per heavy atom. The highest BCUT2D eigenvalue weighted by atomic mass is 32.1. The lowest BCUT2D eigenvalue weighted by Crippen LogP contribution is -2.40. The predicted molar refractivity (Wildman–Crippen MR) is 107 cm³/mol. The number of hydrogen-bond acceptors (Lipinski definition) is 5. The van der Waals surface area contributed by atoms with Crippen molar-refractivity contribution in [3.8, 4) is 10.6 Å². The lowest BCUT2D eigenvalue weighted by atomic mass is 9.99. The number of imide groups is 1. The van der Waals surface area contributed by atoms with E-state index in [1.54, 1.807) is 19.1 Å². The second-order valence-corrected chi connectivity index (χ2v) is 8.20. The van der Waals surface area contributed by atoms with Crippen LogP contribution in [0, 0.1) is 0 Å². The molecule has 28 heavy (non-hydrogen) atoms. The van der Waals surface area contributed by atoms with Crippen molar-refractivity contribution in [1.29, 1.82) is 0 Å². The summed E-state index contributed by atoms with van der Waals surface area (Å²) >= 11 is 1.50. The summed E-state index contributed by atoms with van der Waals surface area (Å²) < 4.78 is 5.35. The molecule has 1 atom stereocenters. The molecule has 1 unspecified atom stereocenters. The van der Waals surface area contributed by atoms with Crippen LogP contribution in [0.4, 0.5) is 4.79 Å². The van der Waals surface area contributed by atoms with Crippen LogP contribution in [0.2, 0.25) is 0 Å². The largest absolute Gasteiger partial charge is 0.466 e. The molecule has 0 bridgehead atoms. The lowest BCUT2D eigenvalue weighted by molar-refractivity contribution is -0.132. The van der Waals surface area contributed by atoms with Crippen LogP contribution in [-0.2, 0) is 16.9 Å². The second kappa shape index (κ2) is 6.91. The average molecular weight is 395 g/mol. The Bertz CT molecular complexity index is 1010. The van der Waals surface area contributed by atoms with Crippen LogP contribution >= 0.6 is 11.3 Å². The van der Waals surface area contributed by atoms with Crippen LogP contribution in [0.1, 0.15) is 43.7 Å². The zero-order chi connectivity index (χ0) is 19.9. The van der Waals surface area contributed by atoms with Crippen LogP contribution < -0.4 is 5.32 Å². The fraction of sp³-hybridized carbons (Fsp3) is 0.286. The number of carbonyl (C=O) groups excluding carboxylic acids is 2. The van der Waals surface area contributed by atoms with E-state index >= 15 is 0 Å². The van der Waals surface area contributed by atoms with Gasteiger partial charge in [-0.1, -0.05) is 38.1 Å². The van der Waals surface area contributed by atoms with Gasteiger partial charge in [0, 0.05) is 10.9 Å². The molecule has 0 aliphatic carbocycles. The molecular weight excluding hydrogens is 374 g/mol. The van der Waals surface area contributed by atoms with Gasteiger partial charge in [0.15, 0.2) is 5.54 Å². The van der Waals surface area contributed by atoms with Crippen molar-refractivity contribution in [2.45, 2.75) is 38.8 Å². The van der Waals surface area contributed by atoms with Gasteiger partial charge in [0.2, 0.25) is 0 Å². The maximum Gasteiger partial charge on any atom is 0.325 e. The summed E-state index contributed by atoms with van der Waals surface area (Å²) in [7, 11) is 0. The molecule has 0 spiro atoms. The highest BCUT2D eigenvalue weighted by Gasteiger charge is 2.51. The number of thiazole rings is 1. The first-order valence-corrected chi connectivity index (χ1v) is 9.99. The molecule has 1 fully saturated rings. The van der Waals surface area contributed by atoms with Crippen molar-refractivity contribution in [2.24, 2.45) is 0 Å². The van der Waals surface area contributed by atoms with E-state index in [4.69, 9.17) is 4.42 Å². The number of urea groups is 1. The van der Waals surface area contributed by atoms with Gasteiger partial charge in [-0.15, -0.1) is 11.3 Å². The third kappa shape index (κ3) is 3.11. The third-order valence-electron chi connectivity index (χ3n) is 4.99. The molecular formula is C21H21N3O3S. The van der Waals surface area contributed by atoms with Gasteiger partial charge in [0.05, 0.1) is 18.5 Å². The van der Waals surface area contributed by atoms with E-state index in [9.17, 15) is 9.59 Å². The van der Waals surface area contributed by atoms with Crippen molar-refractivity contribution in [3.63, 3.8) is 0 Å². The molecule has 0 saturated carbocycles. The number of benzene rings is 1. The number of hydrogen-bond donors (Lipinski definition) is 1. The van der Waals surface area contributed by atoms with Crippen molar-refractivity contribution in [3.05, 3.63) is 65.1 Å². The Labute approximate surface area is 167 Å². The van der Waals surface area contributed by atoms with Crippen LogP contribution in [-0.4, -0.2) is 21.8 Å². The van der Waals surface area contributed by atoms with E-state index in [0.717, 1.165) is 10.6 Å². The summed E-state index contributed by atoms with van der Waals surface area (Å²) in [4.78, 5) is 31.1. The van der Waals surface area contributed by atoms with Crippen LogP contribution in [0.15, 0.2) is 52.5 Å². The van der Waals surface area contributed by atoms with E-state index in [2.05, 4.69) is 48.4 Å². The standard InChI is InChI=1S/C21H21N3O3S/c1-13(2)14-6-8-15(9-7-14)18-22-16(12-28-18)11-24-19(25)21(3,23-20(24)26)17-5-4-10-27-17/h4-10,12-13H,11H2,1-3H3,(H,23,26). The van der Waals surface area contributed by atoms with Crippen LogP contribution in [0.25, 0.3) is 10.6 Å². The van der Waals surface area contributed by atoms with Crippen molar-refractivity contribution in [1.82, 2.24) is 15.2 Å². The van der Waals surface area contributed by atoms with Gasteiger partial charge in [0.25, 0.3) is 5.91 Å². The van der Waals surface area contributed by atoms with Gasteiger partial charge in [-0.2, -0.15) is 0 Å². The minimum absolute atomic E-state index is 0.127. The molecule has 3 amide bonds. The van der Waals surface area contributed by atoms with Gasteiger partial charge in [-0.3, -0.25) is 9.69 Å². The summed E-state index contributed by atoms with van der Waals surface area (Å²) in [6.45, 7) is 6.09. The Hall–Kier alpha value is -2.93.